The lowest BCUT2D eigenvalue weighted by Gasteiger charge is -2.23. The Bertz CT molecular complexity index is 205. The lowest BCUT2D eigenvalue weighted by molar-refractivity contribution is -0.121. The van der Waals surface area contributed by atoms with Gasteiger partial charge in [-0.2, -0.15) is 0 Å². The van der Waals surface area contributed by atoms with Crippen molar-refractivity contribution in [3.05, 3.63) is 0 Å². The number of nitrogens with one attached hydrogen (secondary N) is 2. The number of hydrogen-bond acceptors (Lipinski definition) is 4. The molecule has 1 heterocycles. The van der Waals surface area contributed by atoms with Gasteiger partial charge in [0.15, 0.2) is 0 Å². The van der Waals surface area contributed by atoms with E-state index in [-0.39, 0.29) is 24.6 Å². The van der Waals surface area contributed by atoms with Gasteiger partial charge in [0.2, 0.25) is 5.91 Å². The van der Waals surface area contributed by atoms with E-state index in [2.05, 4.69) is 10.6 Å². The largest absolute Gasteiger partial charge is 0.396 e. The number of aliphatic hydroxyl groups excluding tert-OH is 1. The van der Waals surface area contributed by atoms with Gasteiger partial charge in [-0.25, -0.2) is 0 Å². The highest BCUT2D eigenvalue weighted by atomic mass is 16.5. The number of ether oxygens (including phenoxy) is 1. The van der Waals surface area contributed by atoms with E-state index in [1.807, 2.05) is 6.92 Å². The summed E-state index contributed by atoms with van der Waals surface area (Å²) in [6, 6.07) is 0.432. The molecule has 0 aliphatic carbocycles. The summed E-state index contributed by atoms with van der Waals surface area (Å²) in [6.07, 6.45) is 2.47. The molecular weight excluding hydrogens is 208 g/mol. The second kappa shape index (κ2) is 7.60. The van der Waals surface area contributed by atoms with Gasteiger partial charge in [0.1, 0.15) is 0 Å². The normalized spacial score (nSPS) is 19.4. The Hall–Kier alpha value is -0.650. The molecule has 1 aliphatic heterocycles. The van der Waals surface area contributed by atoms with Crippen LogP contribution in [0.3, 0.4) is 0 Å². The predicted molar refractivity (Wildman–Crippen MR) is 61.2 cm³/mol. The number of rotatable bonds is 6. The fraction of sp³-hybridized carbons (Fsp3) is 0.909. The Morgan fingerprint density at radius 1 is 1.50 bits per heavy atom. The van der Waals surface area contributed by atoms with Gasteiger partial charge in [0.05, 0.1) is 6.54 Å². The van der Waals surface area contributed by atoms with Crippen molar-refractivity contribution >= 4 is 5.91 Å². The van der Waals surface area contributed by atoms with E-state index in [0.29, 0.717) is 13.0 Å². The van der Waals surface area contributed by atoms with Crippen LogP contribution in [0.2, 0.25) is 0 Å². The average molecular weight is 230 g/mol. The molecule has 1 amide bonds. The molecule has 0 spiro atoms. The quantitative estimate of drug-likeness (QED) is 0.583. The van der Waals surface area contributed by atoms with Crippen LogP contribution in [0.15, 0.2) is 0 Å². The van der Waals surface area contributed by atoms with Gasteiger partial charge in [-0.15, -0.1) is 0 Å². The van der Waals surface area contributed by atoms with Crippen LogP contribution in [-0.2, 0) is 9.53 Å². The summed E-state index contributed by atoms with van der Waals surface area (Å²) in [5, 5.41) is 14.8. The first-order valence-corrected chi connectivity index (χ1v) is 5.93. The molecule has 5 heteroatoms. The topological polar surface area (TPSA) is 70.6 Å². The minimum atomic E-state index is 0.0247. The zero-order chi connectivity index (χ0) is 11.8. The second-order valence-electron chi connectivity index (χ2n) is 4.25. The summed E-state index contributed by atoms with van der Waals surface area (Å²) < 4.78 is 5.22. The molecular formula is C11H22N2O3. The second-order valence-corrected chi connectivity index (χ2v) is 4.25. The highest BCUT2D eigenvalue weighted by Crippen LogP contribution is 2.05. The molecule has 0 aromatic rings. The van der Waals surface area contributed by atoms with Crippen molar-refractivity contribution in [3.63, 3.8) is 0 Å². The summed E-state index contributed by atoms with van der Waals surface area (Å²) in [5.74, 6) is 0.0247. The molecule has 1 atom stereocenters. The van der Waals surface area contributed by atoms with Gasteiger partial charge >= 0.3 is 0 Å². The maximum Gasteiger partial charge on any atom is 0.234 e. The SMILES string of the molecule is CC(CCO)NCC(=O)NC1CCOCC1. The fourth-order valence-electron chi connectivity index (χ4n) is 1.68. The minimum absolute atomic E-state index is 0.0247. The van der Waals surface area contributed by atoms with Gasteiger partial charge in [-0.1, -0.05) is 0 Å². The molecule has 0 radical (unpaired) electrons. The third kappa shape index (κ3) is 5.44. The van der Waals surface area contributed by atoms with E-state index >= 15 is 0 Å². The van der Waals surface area contributed by atoms with Crippen molar-refractivity contribution in [2.45, 2.75) is 38.3 Å². The van der Waals surface area contributed by atoms with Gasteiger partial charge < -0.3 is 20.5 Å². The molecule has 5 nitrogen and oxygen atoms in total. The first-order valence-electron chi connectivity index (χ1n) is 5.93. The highest BCUT2D eigenvalue weighted by Gasteiger charge is 2.15. The predicted octanol–water partition coefficient (Wildman–Crippen LogP) is -0.358. The molecule has 16 heavy (non-hydrogen) atoms. The van der Waals surface area contributed by atoms with Crippen LogP contribution in [0.25, 0.3) is 0 Å². The Labute approximate surface area is 96.6 Å². The summed E-state index contributed by atoms with van der Waals surface area (Å²) in [7, 11) is 0. The van der Waals surface area contributed by atoms with Crippen molar-refractivity contribution in [2.75, 3.05) is 26.4 Å². The summed E-state index contributed by atoms with van der Waals surface area (Å²) in [4.78, 5) is 11.5. The van der Waals surface area contributed by atoms with Crippen molar-refractivity contribution in [1.82, 2.24) is 10.6 Å². The van der Waals surface area contributed by atoms with Crippen molar-refractivity contribution in [2.24, 2.45) is 0 Å². The third-order valence-electron chi connectivity index (χ3n) is 2.76. The minimum Gasteiger partial charge on any atom is -0.396 e. The summed E-state index contributed by atoms with van der Waals surface area (Å²) in [6.45, 7) is 3.89. The zero-order valence-corrected chi connectivity index (χ0v) is 9.87. The maximum absolute atomic E-state index is 11.5. The Balaban J connectivity index is 2.10. The molecule has 0 aromatic heterocycles. The van der Waals surface area contributed by atoms with Crippen molar-refractivity contribution in [3.8, 4) is 0 Å². The number of carbonyl (C=O) groups is 1. The number of amides is 1. The van der Waals surface area contributed by atoms with Gasteiger partial charge in [0, 0.05) is 31.9 Å². The molecule has 1 saturated heterocycles. The van der Waals surface area contributed by atoms with Crippen molar-refractivity contribution in [1.29, 1.82) is 0 Å². The van der Waals surface area contributed by atoms with E-state index < -0.39 is 0 Å². The molecule has 1 fully saturated rings. The molecule has 1 unspecified atom stereocenters. The smallest absolute Gasteiger partial charge is 0.234 e. The lowest BCUT2D eigenvalue weighted by Crippen LogP contribution is -2.44. The lowest BCUT2D eigenvalue weighted by atomic mass is 10.1. The summed E-state index contributed by atoms with van der Waals surface area (Å²) >= 11 is 0. The van der Waals surface area contributed by atoms with Crippen LogP contribution in [0.1, 0.15) is 26.2 Å². The van der Waals surface area contributed by atoms with Crippen LogP contribution in [0, 0.1) is 0 Å². The highest BCUT2D eigenvalue weighted by molar-refractivity contribution is 5.78. The molecule has 1 rings (SSSR count). The van der Waals surface area contributed by atoms with E-state index in [0.717, 1.165) is 26.1 Å². The van der Waals surface area contributed by atoms with E-state index in [1.54, 1.807) is 0 Å². The van der Waals surface area contributed by atoms with Crippen LogP contribution < -0.4 is 10.6 Å². The monoisotopic (exact) mass is 230 g/mol. The van der Waals surface area contributed by atoms with Crippen LogP contribution in [-0.4, -0.2) is 49.5 Å². The van der Waals surface area contributed by atoms with E-state index in [1.165, 1.54) is 0 Å². The molecule has 0 aromatic carbocycles. The number of aliphatic hydroxyl groups is 1. The fourth-order valence-corrected chi connectivity index (χ4v) is 1.68. The third-order valence-corrected chi connectivity index (χ3v) is 2.76. The summed E-state index contributed by atoms with van der Waals surface area (Å²) in [5.41, 5.74) is 0. The molecule has 94 valence electrons. The number of carbonyl (C=O) groups excluding carboxylic acids is 1. The van der Waals surface area contributed by atoms with Crippen LogP contribution in [0.4, 0.5) is 0 Å². The Morgan fingerprint density at radius 3 is 2.81 bits per heavy atom. The van der Waals surface area contributed by atoms with Gasteiger partial charge in [-0.05, 0) is 26.2 Å². The van der Waals surface area contributed by atoms with E-state index in [9.17, 15) is 4.79 Å². The Morgan fingerprint density at radius 2 is 2.19 bits per heavy atom. The molecule has 0 bridgehead atoms. The maximum atomic E-state index is 11.5. The first kappa shape index (κ1) is 13.4. The van der Waals surface area contributed by atoms with Crippen LogP contribution >= 0.6 is 0 Å². The molecule has 3 N–H and O–H groups in total. The standard InChI is InChI=1S/C11H22N2O3/c1-9(2-5-14)12-8-11(15)13-10-3-6-16-7-4-10/h9-10,12,14H,2-8H2,1H3,(H,13,15). The van der Waals surface area contributed by atoms with Gasteiger partial charge in [-0.3, -0.25) is 4.79 Å². The van der Waals surface area contributed by atoms with Crippen molar-refractivity contribution < 1.29 is 14.6 Å². The first-order chi connectivity index (χ1) is 7.72. The molecule has 0 saturated carbocycles. The average Bonchev–Trinajstić information content (AvgIpc) is 2.28. The van der Waals surface area contributed by atoms with E-state index in [4.69, 9.17) is 9.84 Å². The molecule has 1 aliphatic rings. The van der Waals surface area contributed by atoms with Crippen LogP contribution in [0.5, 0.6) is 0 Å². The van der Waals surface area contributed by atoms with Gasteiger partial charge in [0.25, 0.3) is 0 Å². The zero-order valence-electron chi connectivity index (χ0n) is 9.87. The Kier molecular flexibility index (Phi) is 6.37. The number of hydrogen-bond donors (Lipinski definition) is 3.